The fourth-order valence-corrected chi connectivity index (χ4v) is 4.82. The molecule has 3 rings (SSSR count). The Kier molecular flexibility index (Phi) is 9.08. The third-order valence-corrected chi connectivity index (χ3v) is 7.07. The smallest absolute Gasteiger partial charge is 0.322 e. The number of nitrogens with one attached hydrogen (secondary N) is 1. The Morgan fingerprint density at radius 2 is 1.86 bits per heavy atom. The van der Waals surface area contributed by atoms with Gasteiger partial charge in [-0.3, -0.25) is 14.5 Å². The van der Waals surface area contributed by atoms with Crippen LogP contribution in [0, 0.1) is 11.3 Å². The zero-order valence-electron chi connectivity index (χ0n) is 21.4. The number of methoxy groups -OCH3 is 1. The molecule has 1 N–H and O–H groups in total. The van der Waals surface area contributed by atoms with Crippen LogP contribution >= 0.6 is 0 Å². The lowest BCUT2D eigenvalue weighted by molar-refractivity contribution is -0.177. The summed E-state index contributed by atoms with van der Waals surface area (Å²) in [6, 6.07) is 9.76. The van der Waals surface area contributed by atoms with Crippen molar-refractivity contribution in [3.05, 3.63) is 48.0 Å². The molecule has 0 bridgehead atoms. The molecule has 2 fully saturated rings. The summed E-state index contributed by atoms with van der Waals surface area (Å²) in [5.74, 6) is -0.545. The molecular weight excluding hydrogens is 446 g/mol. The minimum absolute atomic E-state index is 0.0666. The van der Waals surface area contributed by atoms with E-state index >= 15 is 0 Å². The van der Waals surface area contributed by atoms with Crippen molar-refractivity contribution in [2.45, 2.75) is 52.4 Å². The molecule has 0 aromatic heterocycles. The number of Topliss-reactive ketones (excluding diaryl/α,β-unsaturated/α-hetero) is 1. The molecule has 8 heteroatoms. The van der Waals surface area contributed by atoms with E-state index in [9.17, 15) is 14.4 Å². The molecule has 35 heavy (non-hydrogen) atoms. The fourth-order valence-electron chi connectivity index (χ4n) is 4.82. The molecule has 2 aliphatic rings. The maximum Gasteiger partial charge on any atom is 0.322 e. The Hall–Kier alpha value is -2.71. The first kappa shape index (κ1) is 26.9. The lowest BCUT2D eigenvalue weighted by Gasteiger charge is -2.43. The van der Waals surface area contributed by atoms with Crippen LogP contribution in [0.3, 0.4) is 0 Å². The molecule has 2 amide bonds. The number of nitrogens with zero attached hydrogens (tertiary/aromatic N) is 2. The number of benzene rings is 1. The zero-order chi connectivity index (χ0) is 25.6. The number of rotatable bonds is 8. The van der Waals surface area contributed by atoms with E-state index in [1.807, 2.05) is 35.2 Å². The van der Waals surface area contributed by atoms with E-state index < -0.39 is 23.6 Å². The minimum Gasteiger partial charge on any atom is -0.468 e. The first-order chi connectivity index (χ1) is 16.7. The number of ether oxygens (including phenoxy) is 2. The van der Waals surface area contributed by atoms with Crippen molar-refractivity contribution in [1.29, 1.82) is 0 Å². The van der Waals surface area contributed by atoms with Gasteiger partial charge in [-0.05, 0) is 31.2 Å². The normalized spacial score (nSPS) is 25.6. The Balaban J connectivity index is 1.55. The van der Waals surface area contributed by atoms with Gasteiger partial charge in [0.15, 0.2) is 11.2 Å². The molecule has 0 unspecified atom stereocenters. The van der Waals surface area contributed by atoms with E-state index in [4.69, 9.17) is 9.47 Å². The third-order valence-electron chi connectivity index (χ3n) is 7.07. The number of carbonyl (C=O) groups is 3. The monoisotopic (exact) mass is 485 g/mol. The maximum atomic E-state index is 13.2. The number of amides is 2. The average molecular weight is 486 g/mol. The number of piperazine rings is 1. The van der Waals surface area contributed by atoms with Gasteiger partial charge in [0.05, 0.1) is 19.3 Å². The second-order valence-electron chi connectivity index (χ2n) is 10.1. The molecule has 1 aromatic rings. The molecule has 0 saturated carbocycles. The summed E-state index contributed by atoms with van der Waals surface area (Å²) in [5, 5.41) is 2.98. The van der Waals surface area contributed by atoms with Gasteiger partial charge in [-0.2, -0.15) is 0 Å². The molecular formula is C27H39N3O5. The molecule has 8 nitrogen and oxygen atoms in total. The lowest BCUT2D eigenvalue weighted by atomic mass is 9.72. The number of carbonyl (C=O) groups excluding carboxylic acids is 3. The average Bonchev–Trinajstić information content (AvgIpc) is 2.87. The Morgan fingerprint density at radius 1 is 1.20 bits per heavy atom. The topological polar surface area (TPSA) is 88.2 Å². The third kappa shape index (κ3) is 6.30. The van der Waals surface area contributed by atoms with Gasteiger partial charge in [-0.1, -0.05) is 50.8 Å². The molecule has 0 radical (unpaired) electrons. The predicted molar refractivity (Wildman–Crippen MR) is 134 cm³/mol. The van der Waals surface area contributed by atoms with E-state index in [-0.39, 0.29) is 11.8 Å². The van der Waals surface area contributed by atoms with Crippen molar-refractivity contribution in [2.24, 2.45) is 11.3 Å². The molecule has 0 spiro atoms. The largest absolute Gasteiger partial charge is 0.468 e. The van der Waals surface area contributed by atoms with Gasteiger partial charge in [0.2, 0.25) is 0 Å². The minimum atomic E-state index is -1.40. The van der Waals surface area contributed by atoms with Crippen LogP contribution in [0.25, 0.3) is 0 Å². The highest BCUT2D eigenvalue weighted by molar-refractivity contribution is 6.13. The predicted octanol–water partition coefficient (Wildman–Crippen LogP) is 3.02. The van der Waals surface area contributed by atoms with Crippen molar-refractivity contribution >= 4 is 17.8 Å². The number of urea groups is 1. The van der Waals surface area contributed by atoms with Gasteiger partial charge in [0, 0.05) is 44.8 Å². The number of hydrogen-bond acceptors (Lipinski definition) is 6. The van der Waals surface area contributed by atoms with Crippen LogP contribution in [0.2, 0.25) is 0 Å². The van der Waals surface area contributed by atoms with E-state index in [1.54, 1.807) is 6.92 Å². The van der Waals surface area contributed by atoms with E-state index in [2.05, 4.69) is 30.6 Å². The summed E-state index contributed by atoms with van der Waals surface area (Å²) in [6.07, 6.45) is 0.202. The molecule has 3 atom stereocenters. The van der Waals surface area contributed by atoms with Crippen molar-refractivity contribution in [2.75, 3.05) is 39.8 Å². The van der Waals surface area contributed by atoms with Gasteiger partial charge in [0.25, 0.3) is 0 Å². The van der Waals surface area contributed by atoms with Gasteiger partial charge < -0.3 is 19.7 Å². The van der Waals surface area contributed by atoms with Crippen LogP contribution in [-0.4, -0.2) is 79.6 Å². The summed E-state index contributed by atoms with van der Waals surface area (Å²) in [5.41, 5.74) is 0.00458. The number of ketones is 1. The Morgan fingerprint density at radius 3 is 2.46 bits per heavy atom. The van der Waals surface area contributed by atoms with E-state index in [0.29, 0.717) is 50.5 Å². The highest BCUT2D eigenvalue weighted by Gasteiger charge is 2.55. The van der Waals surface area contributed by atoms with E-state index in [0.717, 1.165) is 18.7 Å². The van der Waals surface area contributed by atoms with Gasteiger partial charge in [-0.25, -0.2) is 4.79 Å². The van der Waals surface area contributed by atoms with Crippen LogP contribution in [0.4, 0.5) is 4.79 Å². The van der Waals surface area contributed by atoms with Crippen LogP contribution < -0.4 is 5.32 Å². The second kappa shape index (κ2) is 11.8. The molecule has 2 saturated heterocycles. The molecule has 192 valence electrons. The van der Waals surface area contributed by atoms with Crippen LogP contribution in [-0.2, 0) is 25.6 Å². The SMILES string of the molecule is C=C1C(=O)[C@](C)(C(=O)OC)[C@@H](CCN2CCN(C(=O)NCc3ccccc3)CC2)O[C@H]1CC(C)C. The van der Waals surface area contributed by atoms with Crippen LogP contribution in [0.15, 0.2) is 42.5 Å². The lowest BCUT2D eigenvalue weighted by Crippen LogP contribution is -2.57. The standard InChI is InChI=1S/C27H39N3O5/c1-19(2)17-22-20(3)24(31)27(4,25(32)34-5)23(35-22)11-12-29-13-15-30(16-14-29)26(33)28-18-21-9-7-6-8-10-21/h6-10,19,22-23H,3,11-18H2,1-2,4-5H3,(H,28,33)/t22-,23+,27+/m0/s1. The molecule has 1 aromatic carbocycles. The fraction of sp³-hybridized carbons (Fsp3) is 0.593. The summed E-state index contributed by atoms with van der Waals surface area (Å²) in [4.78, 5) is 42.5. The second-order valence-corrected chi connectivity index (χ2v) is 10.1. The summed E-state index contributed by atoms with van der Waals surface area (Å²) < 4.78 is 11.3. The van der Waals surface area contributed by atoms with Crippen LogP contribution in [0.1, 0.15) is 39.2 Å². The summed E-state index contributed by atoms with van der Waals surface area (Å²) in [6.45, 7) is 13.5. The van der Waals surface area contributed by atoms with Crippen molar-refractivity contribution in [1.82, 2.24) is 15.1 Å². The summed E-state index contributed by atoms with van der Waals surface area (Å²) in [7, 11) is 1.29. The van der Waals surface area contributed by atoms with Gasteiger partial charge in [-0.15, -0.1) is 0 Å². The number of hydrogen-bond donors (Lipinski definition) is 1. The highest BCUT2D eigenvalue weighted by Crippen LogP contribution is 2.40. The van der Waals surface area contributed by atoms with Crippen molar-refractivity contribution in [3.8, 4) is 0 Å². The zero-order valence-corrected chi connectivity index (χ0v) is 21.4. The maximum absolute atomic E-state index is 13.2. The summed E-state index contributed by atoms with van der Waals surface area (Å²) >= 11 is 0. The van der Waals surface area contributed by atoms with Gasteiger partial charge in [0.1, 0.15) is 0 Å². The quantitative estimate of drug-likeness (QED) is 0.346. The Labute approximate surface area is 208 Å². The van der Waals surface area contributed by atoms with E-state index in [1.165, 1.54) is 7.11 Å². The first-order valence-electron chi connectivity index (χ1n) is 12.4. The van der Waals surface area contributed by atoms with Crippen molar-refractivity contribution < 1.29 is 23.9 Å². The Bertz CT molecular complexity index is 911. The van der Waals surface area contributed by atoms with Gasteiger partial charge >= 0.3 is 12.0 Å². The number of esters is 1. The molecule has 2 heterocycles. The van der Waals surface area contributed by atoms with Crippen molar-refractivity contribution in [3.63, 3.8) is 0 Å². The molecule has 2 aliphatic heterocycles. The molecule has 0 aliphatic carbocycles. The van der Waals surface area contributed by atoms with Crippen LogP contribution in [0.5, 0.6) is 0 Å². The first-order valence-corrected chi connectivity index (χ1v) is 12.4. The highest BCUT2D eigenvalue weighted by atomic mass is 16.5.